The number of nitrogens with zero attached hydrogens (tertiary/aromatic N) is 5. The second kappa shape index (κ2) is 19.8. The first-order valence-electron chi connectivity index (χ1n) is 16.1. The maximum absolute atomic E-state index is 13.3. The van der Waals surface area contributed by atoms with Gasteiger partial charge in [-0.05, 0) is 49.9 Å². The molecule has 3 unspecified atom stereocenters. The van der Waals surface area contributed by atoms with Crippen molar-refractivity contribution in [1.29, 1.82) is 0 Å². The first-order chi connectivity index (χ1) is 26.4. The summed E-state index contributed by atoms with van der Waals surface area (Å²) in [6.07, 6.45) is 8.40. The van der Waals surface area contributed by atoms with Crippen LogP contribution in [-0.2, 0) is 47.5 Å². The lowest BCUT2D eigenvalue weighted by atomic mass is 10.1. The quantitative estimate of drug-likeness (QED) is 0.104. The van der Waals surface area contributed by atoms with Crippen LogP contribution < -0.4 is 11.5 Å². The Bertz CT molecular complexity index is 2850. The van der Waals surface area contributed by atoms with Crippen LogP contribution in [0, 0.1) is 0 Å². The molecule has 0 bridgehead atoms. The first kappa shape index (κ1) is 46.6. The number of benzene rings is 2. The van der Waals surface area contributed by atoms with Crippen LogP contribution in [0.15, 0.2) is 94.1 Å². The van der Waals surface area contributed by atoms with Gasteiger partial charge in [-0.1, -0.05) is 59.6 Å². The van der Waals surface area contributed by atoms with Crippen molar-refractivity contribution in [3.63, 3.8) is 0 Å². The number of H-pyrrole nitrogens is 1. The molecule has 8 rings (SSSR count). The molecule has 0 aliphatic carbocycles. The number of thiazole rings is 2. The summed E-state index contributed by atoms with van der Waals surface area (Å²) >= 11 is 12.0. The second-order valence-corrected chi connectivity index (χ2v) is 19.4. The van der Waals surface area contributed by atoms with E-state index in [1.807, 2.05) is 44.3 Å². The number of hydrogen-bond donors (Lipinski definition) is 3. The monoisotopic (exact) mass is 955 g/mol. The number of halogens is 4. The van der Waals surface area contributed by atoms with Gasteiger partial charge in [0.15, 0.2) is 25.3 Å². The number of imidazole rings is 2. The third-order valence-corrected chi connectivity index (χ3v) is 13.3. The standard InChI is InChI=1S/C16H15ClN4O2S2.C11H14N2.C5H2Cl2N2O2S2.CH4O3S.ClH/c1-10(18)8-11-9-21(13-5-3-2-4-12(11)13)25(22,23)15-14(17)19-16-20(15)6-7-24-16;1-8(12)6-9-7-13-11-5-3-2-4-10(9)11;6-3-4(13(7,10)11)9-1-2-12-5(9)8-3;1-4-5(2)3;/h2-7,9-10H,8,18H2,1H3;2-5,7-8,13H,6,12H2,1H3;1-2H;1H3,(H,2,3);1H/p-1. The normalized spacial score (nSPS) is 13.2. The van der Waals surface area contributed by atoms with E-state index in [9.17, 15) is 16.8 Å². The number of aromatic nitrogens is 6. The van der Waals surface area contributed by atoms with E-state index in [0.29, 0.717) is 21.9 Å². The van der Waals surface area contributed by atoms with Gasteiger partial charge in [0, 0.05) is 74.6 Å². The van der Waals surface area contributed by atoms with E-state index in [2.05, 4.69) is 37.3 Å². The molecule has 0 amide bonds. The Balaban J connectivity index is 0.000000191. The first-order valence-corrected chi connectivity index (χ1v) is 23.4. The summed E-state index contributed by atoms with van der Waals surface area (Å²) in [7, 11) is -1.49. The van der Waals surface area contributed by atoms with Crippen molar-refractivity contribution in [1.82, 2.24) is 27.7 Å². The van der Waals surface area contributed by atoms with Gasteiger partial charge in [-0.3, -0.25) is 8.80 Å². The molecule has 57 heavy (non-hydrogen) atoms. The van der Waals surface area contributed by atoms with E-state index in [1.165, 1.54) is 51.9 Å². The molecule has 0 saturated carbocycles. The summed E-state index contributed by atoms with van der Waals surface area (Å²) in [5.74, 6) is 0. The molecule has 0 aliphatic heterocycles. The van der Waals surface area contributed by atoms with E-state index < -0.39 is 30.4 Å². The lowest BCUT2D eigenvalue weighted by molar-refractivity contribution is 0.368. The molecule has 5 N–H and O–H groups in total. The van der Waals surface area contributed by atoms with Gasteiger partial charge in [-0.2, -0.15) is 8.42 Å². The zero-order valence-electron chi connectivity index (χ0n) is 30.0. The van der Waals surface area contributed by atoms with Crippen LogP contribution in [0.3, 0.4) is 0 Å². The van der Waals surface area contributed by atoms with E-state index >= 15 is 0 Å². The molecule has 2 aromatic carbocycles. The van der Waals surface area contributed by atoms with Crippen LogP contribution in [0.2, 0.25) is 10.3 Å². The van der Waals surface area contributed by atoms with Gasteiger partial charge in [-0.25, -0.2) is 26.6 Å². The largest absolute Gasteiger partial charge is 0.750 e. The number of fused-ring (bicyclic) bond motifs is 4. The summed E-state index contributed by atoms with van der Waals surface area (Å²) in [6.45, 7) is 3.92. The highest BCUT2D eigenvalue weighted by Crippen LogP contribution is 2.32. The molecule has 0 spiro atoms. The molecule has 0 aliphatic rings. The molecular formula is C33H35Cl4N8O7S5-. The van der Waals surface area contributed by atoms with Crippen molar-refractivity contribution < 1.29 is 29.8 Å². The summed E-state index contributed by atoms with van der Waals surface area (Å²) in [6, 6.07) is 15.8. The predicted octanol–water partition coefficient (Wildman–Crippen LogP) is 7.01. The highest BCUT2D eigenvalue weighted by atomic mass is 35.7. The fraction of sp³-hybridized carbons (Fsp3) is 0.212. The van der Waals surface area contributed by atoms with Crippen LogP contribution in [0.5, 0.6) is 0 Å². The Labute approximate surface area is 358 Å². The highest BCUT2D eigenvalue weighted by molar-refractivity contribution is 8.13. The Morgan fingerprint density at radius 1 is 0.860 bits per heavy atom. The lowest BCUT2D eigenvalue weighted by Gasteiger charge is -2.07. The number of nitrogens with one attached hydrogen (secondary N) is 1. The number of hydrogen-bond acceptors (Lipinski definition) is 13. The van der Waals surface area contributed by atoms with Crippen LogP contribution in [0.4, 0.5) is 0 Å². The summed E-state index contributed by atoms with van der Waals surface area (Å²) < 4.78 is 74.8. The van der Waals surface area contributed by atoms with Crippen molar-refractivity contribution >= 4 is 131 Å². The molecule has 0 fully saturated rings. The molecule has 0 saturated heterocycles. The van der Waals surface area contributed by atoms with Crippen LogP contribution in [-0.4, -0.2) is 72.5 Å². The van der Waals surface area contributed by atoms with Gasteiger partial charge < -0.3 is 25.2 Å². The molecular weight excluding hydrogens is 923 g/mol. The Morgan fingerprint density at radius 2 is 1.35 bits per heavy atom. The maximum atomic E-state index is 13.3. The van der Waals surface area contributed by atoms with Gasteiger partial charge in [0.25, 0.3) is 19.1 Å². The minimum atomic E-state index is -3.91. The van der Waals surface area contributed by atoms with Gasteiger partial charge in [0.05, 0.1) is 24.0 Å². The summed E-state index contributed by atoms with van der Waals surface area (Å²) in [5.41, 5.74) is 15.7. The van der Waals surface area contributed by atoms with E-state index in [4.69, 9.17) is 54.1 Å². The minimum Gasteiger partial charge on any atom is -0.750 e. The zero-order valence-corrected chi connectivity index (χ0v) is 37.2. The Kier molecular flexibility index (Phi) is 16.2. The fourth-order valence-electron chi connectivity index (χ4n) is 5.59. The number of rotatable bonds is 8. The number of nitrogens with two attached hydrogens (primary N) is 2. The molecule has 0 radical (unpaired) electrons. The molecule has 8 aromatic rings. The average molecular weight is 958 g/mol. The third-order valence-electron chi connectivity index (χ3n) is 7.75. The number of para-hydroxylation sites is 2. The topological polar surface area (TPSA) is 225 Å². The average Bonchev–Trinajstić information content (AvgIpc) is 3.97. The molecule has 308 valence electrons. The lowest BCUT2D eigenvalue weighted by Crippen LogP contribution is -2.18. The van der Waals surface area contributed by atoms with Crippen LogP contribution in [0.1, 0.15) is 25.0 Å². The van der Waals surface area contributed by atoms with Crippen molar-refractivity contribution in [2.45, 2.75) is 48.8 Å². The van der Waals surface area contributed by atoms with Gasteiger partial charge >= 0.3 is 0 Å². The van der Waals surface area contributed by atoms with Crippen molar-refractivity contribution in [3.8, 4) is 0 Å². The smallest absolute Gasteiger partial charge is 0.287 e. The van der Waals surface area contributed by atoms with Gasteiger partial charge in [0.2, 0.25) is 5.03 Å². The van der Waals surface area contributed by atoms with Crippen molar-refractivity contribution in [2.24, 2.45) is 11.5 Å². The zero-order chi connectivity index (χ0) is 40.9. The SMILES string of the molecule is CC(N)Cc1c[nH]c2ccccc12.CC(N)Cc1cn(S(=O)(=O)c2c(Cl)nc3sccn23)c2ccccc12.COS(=O)[O-].Cl.O=S(=O)(Cl)c1c(Cl)nc2sccn12. The maximum Gasteiger partial charge on any atom is 0.287 e. The highest BCUT2D eigenvalue weighted by Gasteiger charge is 2.29. The van der Waals surface area contributed by atoms with Crippen molar-refractivity contribution in [2.75, 3.05) is 7.11 Å². The van der Waals surface area contributed by atoms with E-state index in [1.54, 1.807) is 35.4 Å². The Hall–Kier alpha value is -3.09. The number of aromatic amines is 1. The molecule has 24 heteroatoms. The van der Waals surface area contributed by atoms with Crippen LogP contribution >= 0.6 is 69.0 Å². The fourth-order valence-corrected chi connectivity index (χ4v) is 10.9. The summed E-state index contributed by atoms with van der Waals surface area (Å²) in [4.78, 5) is 12.2. The molecule has 6 aromatic heterocycles. The van der Waals surface area contributed by atoms with Gasteiger partial charge in [0.1, 0.15) is 0 Å². The Morgan fingerprint density at radius 3 is 1.89 bits per heavy atom. The van der Waals surface area contributed by atoms with Crippen LogP contribution in [0.25, 0.3) is 31.7 Å². The van der Waals surface area contributed by atoms with Gasteiger partial charge in [-0.15, -0.1) is 35.1 Å². The second-order valence-electron chi connectivity index (χ2n) is 12.0. The van der Waals surface area contributed by atoms with E-state index in [-0.39, 0.29) is 44.8 Å². The van der Waals surface area contributed by atoms with Crippen molar-refractivity contribution in [3.05, 3.63) is 106 Å². The predicted molar refractivity (Wildman–Crippen MR) is 230 cm³/mol. The molecule has 15 nitrogen and oxygen atoms in total. The minimum absolute atomic E-state index is 0. The molecule has 3 atom stereocenters. The third kappa shape index (κ3) is 10.9. The van der Waals surface area contributed by atoms with E-state index in [0.717, 1.165) is 24.5 Å². The molecule has 6 heterocycles. The summed E-state index contributed by atoms with van der Waals surface area (Å²) in [5, 5.41) is 5.30.